The molecule has 50 heavy (non-hydrogen) atoms. The van der Waals surface area contributed by atoms with Gasteiger partial charge in [-0.25, -0.2) is 0 Å². The molecule has 0 bridgehead atoms. The number of imide groups is 1. The van der Waals surface area contributed by atoms with Crippen LogP contribution in [0.25, 0.3) is 10.1 Å². The lowest BCUT2D eigenvalue weighted by atomic mass is 9.96. The highest BCUT2D eigenvalue weighted by atomic mass is 32.1. The number of fused-ring (bicyclic) bond motifs is 2. The van der Waals surface area contributed by atoms with Crippen molar-refractivity contribution in [2.24, 2.45) is 0 Å². The first-order valence-corrected chi connectivity index (χ1v) is 18.0. The summed E-state index contributed by atoms with van der Waals surface area (Å²) in [5.41, 5.74) is 5.01. The van der Waals surface area contributed by atoms with E-state index in [4.69, 9.17) is 9.11 Å². The molecular weight excluding hydrogens is 649 g/mol. The minimum Gasteiger partial charge on any atom is -0.492 e. The molecule has 1 fully saturated rings. The van der Waals surface area contributed by atoms with Gasteiger partial charge in [-0.3, -0.25) is 24.2 Å². The molecule has 1 N–H and O–H groups in total. The van der Waals surface area contributed by atoms with Crippen molar-refractivity contribution in [2.75, 3.05) is 50.8 Å². The zero-order valence-corrected chi connectivity index (χ0v) is 28.7. The number of benzene rings is 4. The predicted molar refractivity (Wildman–Crippen MR) is 196 cm³/mol. The van der Waals surface area contributed by atoms with Crippen LogP contribution in [0.4, 0.5) is 5.82 Å². The van der Waals surface area contributed by atoms with Crippen LogP contribution in [0.1, 0.15) is 49.4 Å². The second-order valence-electron chi connectivity index (χ2n) is 12.9. The van der Waals surface area contributed by atoms with Crippen molar-refractivity contribution in [2.45, 2.75) is 32.1 Å². The summed E-state index contributed by atoms with van der Waals surface area (Å²) in [4.78, 5) is 43.3. The summed E-state index contributed by atoms with van der Waals surface area (Å²) >= 11 is 1.56. The van der Waals surface area contributed by atoms with Crippen LogP contribution in [0, 0.1) is 0 Å². The Hall–Kier alpha value is -5.06. The van der Waals surface area contributed by atoms with E-state index in [0.29, 0.717) is 30.6 Å². The molecule has 2 aliphatic rings. The van der Waals surface area contributed by atoms with E-state index in [9.17, 15) is 19.5 Å². The van der Waals surface area contributed by atoms with Crippen LogP contribution in [0.15, 0.2) is 91.0 Å². The van der Waals surface area contributed by atoms with Gasteiger partial charge in [0.25, 0.3) is 11.8 Å². The Morgan fingerprint density at radius 2 is 1.38 bits per heavy atom. The van der Waals surface area contributed by atoms with Gasteiger partial charge in [0, 0.05) is 51.1 Å². The lowest BCUT2D eigenvalue weighted by molar-refractivity contribution is -0.136. The number of aliphatic carboxylic acids is 1. The molecular formula is C40H40N4O5S. The standard InChI is InChI=1S/C40H40N4O5S/c45-37(46)16-14-29-25-28(26-30(27-29)17-18-44-39(47)32-8-2-3-9-33(32)40(44)48)13-15-31-7-1-5-11-35(31)49-24-23-42-19-21-43(22-20-42)38-34-10-4-6-12-36(34)50-41-38/h1-12,25-27H,13-24H2,(H,45,46). The number of rotatable bonds is 14. The maximum Gasteiger partial charge on any atom is 0.303 e. The van der Waals surface area contributed by atoms with Gasteiger partial charge in [-0.05, 0) is 89.8 Å². The number of carboxylic acid groups (broad SMARTS) is 1. The average Bonchev–Trinajstić information content (AvgIpc) is 3.68. The summed E-state index contributed by atoms with van der Waals surface area (Å²) in [7, 11) is 0. The number of aryl methyl sites for hydroxylation is 3. The second-order valence-corrected chi connectivity index (χ2v) is 13.7. The fourth-order valence-corrected chi connectivity index (χ4v) is 7.70. The summed E-state index contributed by atoms with van der Waals surface area (Å²) in [6, 6.07) is 29.7. The van der Waals surface area contributed by atoms with Crippen LogP contribution in [-0.2, 0) is 30.5 Å². The Balaban J connectivity index is 0.945. The number of anilines is 1. The number of amides is 2. The Kier molecular flexibility index (Phi) is 10.2. The SMILES string of the molecule is O=C(O)CCc1cc(CCc2ccccc2OCCN2CCN(c3nsc4ccccc34)CC2)cc(CCN2C(=O)c3ccccc3C2=O)c1. The van der Waals surface area contributed by atoms with Gasteiger partial charge < -0.3 is 14.7 Å². The van der Waals surface area contributed by atoms with Gasteiger partial charge in [-0.15, -0.1) is 0 Å². The fraction of sp³-hybridized carbons (Fsp3) is 0.300. The van der Waals surface area contributed by atoms with E-state index in [-0.39, 0.29) is 24.8 Å². The number of carbonyl (C=O) groups excluding carboxylic acids is 2. The first-order chi connectivity index (χ1) is 24.4. The minimum atomic E-state index is -0.843. The molecule has 10 heteroatoms. The minimum absolute atomic E-state index is 0.0365. The zero-order chi connectivity index (χ0) is 34.5. The molecule has 2 aliphatic heterocycles. The van der Waals surface area contributed by atoms with E-state index in [1.54, 1.807) is 35.8 Å². The number of aromatic nitrogens is 1. The third-order valence-electron chi connectivity index (χ3n) is 9.59. The zero-order valence-electron chi connectivity index (χ0n) is 27.9. The number of ether oxygens (including phenoxy) is 1. The Morgan fingerprint density at radius 1 is 0.740 bits per heavy atom. The van der Waals surface area contributed by atoms with E-state index in [2.05, 4.69) is 52.3 Å². The van der Waals surface area contributed by atoms with Crippen LogP contribution < -0.4 is 9.64 Å². The summed E-state index contributed by atoms with van der Waals surface area (Å²) in [6.45, 7) is 5.52. The lowest BCUT2D eigenvalue weighted by Gasteiger charge is -2.35. The number of para-hydroxylation sites is 1. The van der Waals surface area contributed by atoms with Crippen molar-refractivity contribution in [3.63, 3.8) is 0 Å². The number of carbonyl (C=O) groups is 3. The molecule has 0 spiro atoms. The molecule has 5 aromatic rings. The number of piperazine rings is 1. The van der Waals surface area contributed by atoms with Gasteiger partial charge in [0.2, 0.25) is 0 Å². The van der Waals surface area contributed by atoms with E-state index in [0.717, 1.165) is 79.4 Å². The van der Waals surface area contributed by atoms with Gasteiger partial charge >= 0.3 is 5.97 Å². The van der Waals surface area contributed by atoms with E-state index < -0.39 is 5.97 Å². The van der Waals surface area contributed by atoms with Gasteiger partial charge in [0.15, 0.2) is 0 Å². The first-order valence-electron chi connectivity index (χ1n) is 17.2. The van der Waals surface area contributed by atoms with E-state index >= 15 is 0 Å². The summed E-state index contributed by atoms with van der Waals surface area (Å²) in [5.74, 6) is 0.599. The van der Waals surface area contributed by atoms with Gasteiger partial charge in [0.1, 0.15) is 18.2 Å². The highest BCUT2D eigenvalue weighted by Crippen LogP contribution is 2.30. The van der Waals surface area contributed by atoms with Gasteiger partial charge in [0.05, 0.1) is 15.8 Å². The maximum absolute atomic E-state index is 12.9. The van der Waals surface area contributed by atoms with Crippen molar-refractivity contribution in [3.8, 4) is 5.75 Å². The monoisotopic (exact) mass is 688 g/mol. The molecule has 0 atom stereocenters. The molecule has 1 saturated heterocycles. The molecule has 3 heterocycles. The van der Waals surface area contributed by atoms with Crippen molar-refractivity contribution in [3.05, 3.63) is 124 Å². The van der Waals surface area contributed by atoms with Crippen molar-refractivity contribution >= 4 is 45.2 Å². The van der Waals surface area contributed by atoms with E-state index in [1.165, 1.54) is 15.0 Å². The van der Waals surface area contributed by atoms with Crippen LogP contribution in [0.2, 0.25) is 0 Å². The highest BCUT2D eigenvalue weighted by Gasteiger charge is 2.34. The molecule has 256 valence electrons. The molecule has 9 nitrogen and oxygen atoms in total. The molecule has 2 amide bonds. The molecule has 0 saturated carbocycles. The topological polar surface area (TPSA) is 103 Å². The van der Waals surface area contributed by atoms with E-state index in [1.807, 2.05) is 24.3 Å². The van der Waals surface area contributed by atoms with Crippen LogP contribution >= 0.6 is 11.5 Å². The van der Waals surface area contributed by atoms with Crippen molar-refractivity contribution in [1.82, 2.24) is 14.2 Å². The first kappa shape index (κ1) is 33.4. The smallest absolute Gasteiger partial charge is 0.303 e. The highest BCUT2D eigenvalue weighted by molar-refractivity contribution is 7.13. The molecule has 1 aromatic heterocycles. The van der Waals surface area contributed by atoms with Crippen molar-refractivity contribution in [1.29, 1.82) is 0 Å². The Labute approximate surface area is 295 Å². The van der Waals surface area contributed by atoms with Crippen molar-refractivity contribution < 1.29 is 24.2 Å². The quantitative estimate of drug-likeness (QED) is 0.139. The molecule has 0 aliphatic carbocycles. The fourth-order valence-electron chi connectivity index (χ4n) is 6.91. The molecule has 4 aromatic carbocycles. The largest absolute Gasteiger partial charge is 0.492 e. The summed E-state index contributed by atoms with van der Waals surface area (Å²) in [5, 5.41) is 10.6. The molecule has 0 unspecified atom stereocenters. The van der Waals surface area contributed by atoms with Gasteiger partial charge in [-0.1, -0.05) is 60.7 Å². The number of hydrogen-bond acceptors (Lipinski definition) is 8. The van der Waals surface area contributed by atoms with Crippen LogP contribution in [-0.4, -0.2) is 82.9 Å². The molecule has 0 radical (unpaired) electrons. The number of hydrogen-bond donors (Lipinski definition) is 1. The third-order valence-corrected chi connectivity index (χ3v) is 10.4. The normalized spacial score (nSPS) is 14.8. The number of nitrogens with zero attached hydrogens (tertiary/aromatic N) is 4. The second kappa shape index (κ2) is 15.2. The Morgan fingerprint density at radius 3 is 2.12 bits per heavy atom. The maximum atomic E-state index is 12.9. The molecule has 7 rings (SSSR count). The number of carboxylic acids is 1. The van der Waals surface area contributed by atoms with Crippen LogP contribution in [0.5, 0.6) is 5.75 Å². The van der Waals surface area contributed by atoms with Gasteiger partial charge in [-0.2, -0.15) is 4.37 Å². The Bertz CT molecular complexity index is 1980. The predicted octanol–water partition coefficient (Wildman–Crippen LogP) is 6.14. The summed E-state index contributed by atoms with van der Waals surface area (Å²) in [6.07, 6.45) is 2.45. The average molecular weight is 689 g/mol. The lowest BCUT2D eigenvalue weighted by Crippen LogP contribution is -2.47. The third kappa shape index (κ3) is 7.56. The van der Waals surface area contributed by atoms with Crippen LogP contribution in [0.3, 0.4) is 0 Å². The summed E-state index contributed by atoms with van der Waals surface area (Å²) < 4.78 is 12.3.